The third-order valence-corrected chi connectivity index (χ3v) is 2.80. The molecule has 0 aliphatic rings. The van der Waals surface area contributed by atoms with E-state index in [1.54, 1.807) is 6.07 Å². The summed E-state index contributed by atoms with van der Waals surface area (Å²) in [5.74, 6) is 0.338. The summed E-state index contributed by atoms with van der Waals surface area (Å²) in [6, 6.07) is 7.35. The Balaban J connectivity index is 2.37. The van der Waals surface area contributed by atoms with E-state index < -0.39 is 0 Å². The van der Waals surface area contributed by atoms with Crippen LogP contribution in [0.2, 0.25) is 0 Å². The molecule has 0 saturated carbocycles. The van der Waals surface area contributed by atoms with Crippen molar-refractivity contribution in [1.82, 2.24) is 4.90 Å². The molecule has 17 heavy (non-hydrogen) atoms. The zero-order valence-corrected chi connectivity index (χ0v) is 10.5. The van der Waals surface area contributed by atoms with Gasteiger partial charge in [-0.25, -0.2) is 0 Å². The topological polar surface area (TPSA) is 52.9 Å². The molecule has 1 rings (SSSR count). The van der Waals surface area contributed by atoms with Crippen LogP contribution in [0.15, 0.2) is 24.3 Å². The molecule has 0 bridgehead atoms. The average molecular weight is 239 g/mol. The molecule has 2 N–H and O–H groups in total. The van der Waals surface area contributed by atoms with Crippen molar-refractivity contribution in [3.05, 3.63) is 29.8 Å². The predicted octanol–water partition coefficient (Wildman–Crippen LogP) is 1.22. The third-order valence-electron chi connectivity index (χ3n) is 2.80. The fraction of sp³-hybridized carbons (Fsp3) is 0.538. The van der Waals surface area contributed by atoms with Gasteiger partial charge in [0.25, 0.3) is 0 Å². The molecule has 1 aromatic rings. The zero-order chi connectivity index (χ0) is 12.7. The molecule has 1 aromatic carbocycles. The fourth-order valence-electron chi connectivity index (χ4n) is 1.55. The normalized spacial score (nSPS) is 12.9. The Kier molecular flexibility index (Phi) is 5.97. The summed E-state index contributed by atoms with van der Waals surface area (Å²) in [4.78, 5) is 2.04. The lowest BCUT2D eigenvalue weighted by molar-refractivity contribution is -0.0460. The van der Waals surface area contributed by atoms with Gasteiger partial charge in [-0.05, 0) is 32.0 Å². The lowest BCUT2D eigenvalue weighted by Crippen LogP contribution is -2.33. The Morgan fingerprint density at radius 1 is 1.35 bits per heavy atom. The standard InChI is InChI=1S/C13H21NO3/c1-11(17-10-9-15)14(2)8-7-12-5-3-4-6-13(12)16/h3-6,11,15-16H,7-10H2,1-2H3. The lowest BCUT2D eigenvalue weighted by Gasteiger charge is -2.24. The summed E-state index contributed by atoms with van der Waals surface area (Å²) in [6.07, 6.45) is 0.740. The molecule has 1 unspecified atom stereocenters. The van der Waals surface area contributed by atoms with Crippen LogP contribution in [0.4, 0.5) is 0 Å². The minimum atomic E-state index is -0.0343. The van der Waals surface area contributed by atoms with Crippen molar-refractivity contribution < 1.29 is 14.9 Å². The van der Waals surface area contributed by atoms with Crippen molar-refractivity contribution in [3.8, 4) is 5.75 Å². The molecule has 0 saturated heterocycles. The van der Waals surface area contributed by atoms with Crippen LogP contribution in [0, 0.1) is 0 Å². The summed E-state index contributed by atoms with van der Waals surface area (Å²) in [7, 11) is 1.96. The van der Waals surface area contributed by atoms with Crippen molar-refractivity contribution in [2.75, 3.05) is 26.8 Å². The highest BCUT2D eigenvalue weighted by atomic mass is 16.5. The Morgan fingerprint density at radius 3 is 2.71 bits per heavy atom. The van der Waals surface area contributed by atoms with Gasteiger partial charge in [-0.3, -0.25) is 4.90 Å². The van der Waals surface area contributed by atoms with Gasteiger partial charge >= 0.3 is 0 Å². The number of aliphatic hydroxyl groups is 1. The minimum absolute atomic E-state index is 0.0343. The number of hydrogen-bond acceptors (Lipinski definition) is 4. The number of ether oxygens (including phenoxy) is 1. The van der Waals surface area contributed by atoms with Crippen LogP contribution in [-0.2, 0) is 11.2 Å². The highest BCUT2D eigenvalue weighted by molar-refractivity contribution is 5.31. The predicted molar refractivity (Wildman–Crippen MR) is 66.9 cm³/mol. The first kappa shape index (κ1) is 14.0. The molecule has 0 amide bonds. The minimum Gasteiger partial charge on any atom is -0.508 e. The highest BCUT2D eigenvalue weighted by Gasteiger charge is 2.09. The summed E-state index contributed by atoms with van der Waals surface area (Å²) in [5.41, 5.74) is 0.939. The van der Waals surface area contributed by atoms with E-state index in [9.17, 15) is 5.11 Å². The summed E-state index contributed by atoms with van der Waals surface area (Å²) < 4.78 is 5.39. The van der Waals surface area contributed by atoms with E-state index in [1.165, 1.54) is 0 Å². The molecule has 0 fully saturated rings. The second-order valence-electron chi connectivity index (χ2n) is 4.05. The number of phenols is 1. The number of likely N-dealkylation sites (N-methyl/N-ethyl adjacent to an activating group) is 1. The largest absolute Gasteiger partial charge is 0.508 e. The molecule has 1 atom stereocenters. The number of aromatic hydroxyl groups is 1. The first-order valence-electron chi connectivity index (χ1n) is 5.84. The van der Waals surface area contributed by atoms with Gasteiger partial charge in [-0.2, -0.15) is 0 Å². The van der Waals surface area contributed by atoms with Crippen molar-refractivity contribution in [1.29, 1.82) is 0 Å². The zero-order valence-electron chi connectivity index (χ0n) is 10.5. The molecule has 0 aliphatic carbocycles. The van der Waals surface area contributed by atoms with Crippen LogP contribution in [0.25, 0.3) is 0 Å². The number of benzene rings is 1. The van der Waals surface area contributed by atoms with E-state index in [0.29, 0.717) is 12.4 Å². The van der Waals surface area contributed by atoms with Crippen LogP contribution in [-0.4, -0.2) is 48.1 Å². The SMILES string of the molecule is CC(OCCO)N(C)CCc1ccccc1O. The van der Waals surface area contributed by atoms with Crippen LogP contribution in [0.1, 0.15) is 12.5 Å². The Labute approximate surface area is 102 Å². The van der Waals surface area contributed by atoms with Crippen LogP contribution >= 0.6 is 0 Å². The average Bonchev–Trinajstić information content (AvgIpc) is 2.34. The lowest BCUT2D eigenvalue weighted by atomic mass is 10.1. The maximum absolute atomic E-state index is 9.62. The number of aliphatic hydroxyl groups excluding tert-OH is 1. The summed E-state index contributed by atoms with van der Waals surface area (Å²) >= 11 is 0. The Bertz CT molecular complexity index is 330. The van der Waals surface area contributed by atoms with Gasteiger partial charge in [0, 0.05) is 6.54 Å². The van der Waals surface area contributed by atoms with Crippen LogP contribution in [0.3, 0.4) is 0 Å². The highest BCUT2D eigenvalue weighted by Crippen LogP contribution is 2.16. The number of nitrogens with zero attached hydrogens (tertiary/aromatic N) is 1. The van der Waals surface area contributed by atoms with Crippen molar-refractivity contribution >= 4 is 0 Å². The van der Waals surface area contributed by atoms with E-state index in [1.807, 2.05) is 37.1 Å². The number of rotatable bonds is 7. The molecule has 0 aromatic heterocycles. The van der Waals surface area contributed by atoms with Crippen LogP contribution in [0.5, 0.6) is 5.75 Å². The van der Waals surface area contributed by atoms with E-state index in [2.05, 4.69) is 0 Å². The van der Waals surface area contributed by atoms with Gasteiger partial charge < -0.3 is 14.9 Å². The molecule has 0 aliphatic heterocycles. The van der Waals surface area contributed by atoms with Gasteiger partial charge in [0.2, 0.25) is 0 Å². The molecule has 4 heteroatoms. The van der Waals surface area contributed by atoms with Crippen molar-refractivity contribution in [3.63, 3.8) is 0 Å². The number of para-hydroxylation sites is 1. The van der Waals surface area contributed by atoms with Gasteiger partial charge in [0.05, 0.1) is 13.2 Å². The maximum Gasteiger partial charge on any atom is 0.118 e. The van der Waals surface area contributed by atoms with E-state index in [0.717, 1.165) is 18.5 Å². The molecule has 0 heterocycles. The van der Waals surface area contributed by atoms with Crippen molar-refractivity contribution in [2.45, 2.75) is 19.6 Å². The molecule has 96 valence electrons. The first-order valence-corrected chi connectivity index (χ1v) is 5.84. The van der Waals surface area contributed by atoms with Gasteiger partial charge in [0.1, 0.15) is 12.0 Å². The van der Waals surface area contributed by atoms with Crippen LogP contribution < -0.4 is 0 Å². The smallest absolute Gasteiger partial charge is 0.118 e. The summed E-state index contributed by atoms with van der Waals surface area (Å²) in [6.45, 7) is 3.13. The summed E-state index contributed by atoms with van der Waals surface area (Å²) in [5, 5.41) is 18.3. The van der Waals surface area contributed by atoms with E-state index >= 15 is 0 Å². The molecular weight excluding hydrogens is 218 g/mol. The second kappa shape index (κ2) is 7.27. The maximum atomic E-state index is 9.62. The quantitative estimate of drug-likeness (QED) is 0.703. The van der Waals surface area contributed by atoms with Crippen molar-refractivity contribution in [2.24, 2.45) is 0 Å². The van der Waals surface area contributed by atoms with Gasteiger partial charge in [0.15, 0.2) is 0 Å². The van der Waals surface area contributed by atoms with Gasteiger partial charge in [-0.1, -0.05) is 18.2 Å². The molecule has 0 spiro atoms. The number of phenolic OH excluding ortho intramolecular Hbond substituents is 1. The second-order valence-corrected chi connectivity index (χ2v) is 4.05. The van der Waals surface area contributed by atoms with E-state index in [-0.39, 0.29) is 12.8 Å². The Morgan fingerprint density at radius 2 is 2.06 bits per heavy atom. The Hall–Kier alpha value is -1.10. The number of hydrogen-bond donors (Lipinski definition) is 2. The molecule has 4 nitrogen and oxygen atoms in total. The first-order chi connectivity index (χ1) is 8.15. The molecule has 0 radical (unpaired) electrons. The third kappa shape index (κ3) is 4.73. The monoisotopic (exact) mass is 239 g/mol. The molecular formula is C13H21NO3. The fourth-order valence-corrected chi connectivity index (χ4v) is 1.55. The van der Waals surface area contributed by atoms with E-state index in [4.69, 9.17) is 9.84 Å². The van der Waals surface area contributed by atoms with Gasteiger partial charge in [-0.15, -0.1) is 0 Å².